The maximum atomic E-state index is 11.2. The lowest BCUT2D eigenvalue weighted by Gasteiger charge is -2.16. The van der Waals surface area contributed by atoms with Crippen LogP contribution in [0.3, 0.4) is 0 Å². The lowest BCUT2D eigenvalue weighted by molar-refractivity contribution is -0.139. The fourth-order valence-electron chi connectivity index (χ4n) is 1.99. The second-order valence-electron chi connectivity index (χ2n) is 4.47. The van der Waals surface area contributed by atoms with Gasteiger partial charge in [0.1, 0.15) is 11.9 Å². The third-order valence-electron chi connectivity index (χ3n) is 3.00. The number of pyridine rings is 1. The van der Waals surface area contributed by atoms with Crippen LogP contribution in [-0.4, -0.2) is 33.2 Å². The minimum absolute atomic E-state index is 0.0484. The number of aromatic nitrogens is 1. The smallest absolute Gasteiger partial charge is 0.326 e. The molecule has 1 aromatic heterocycles. The van der Waals surface area contributed by atoms with Crippen LogP contribution in [0.5, 0.6) is 0 Å². The summed E-state index contributed by atoms with van der Waals surface area (Å²) in [5.41, 5.74) is 0. The van der Waals surface area contributed by atoms with Gasteiger partial charge in [-0.2, -0.15) is 0 Å². The first kappa shape index (κ1) is 15.1. The summed E-state index contributed by atoms with van der Waals surface area (Å²) >= 11 is 6.13. The SMILES string of the molecule is O=C(O)CCC(Nc1nccc2cccc(Cl)c12)C(=O)O. The molecule has 0 aliphatic heterocycles. The molecule has 0 spiro atoms. The van der Waals surface area contributed by atoms with Gasteiger partial charge in [0, 0.05) is 18.0 Å². The number of carboxylic acids is 2. The Balaban J connectivity index is 2.32. The molecule has 0 aliphatic rings. The van der Waals surface area contributed by atoms with Gasteiger partial charge in [-0.15, -0.1) is 0 Å². The zero-order valence-electron chi connectivity index (χ0n) is 10.9. The van der Waals surface area contributed by atoms with Crippen molar-refractivity contribution in [3.05, 3.63) is 35.5 Å². The van der Waals surface area contributed by atoms with Gasteiger partial charge < -0.3 is 15.5 Å². The van der Waals surface area contributed by atoms with Gasteiger partial charge in [-0.3, -0.25) is 4.79 Å². The van der Waals surface area contributed by atoms with E-state index in [1.54, 1.807) is 18.2 Å². The van der Waals surface area contributed by atoms with Gasteiger partial charge in [-0.25, -0.2) is 9.78 Å². The van der Waals surface area contributed by atoms with Gasteiger partial charge in [-0.1, -0.05) is 23.7 Å². The van der Waals surface area contributed by atoms with E-state index in [0.717, 1.165) is 5.39 Å². The number of carboxylic acid groups (broad SMARTS) is 2. The first-order chi connectivity index (χ1) is 9.99. The van der Waals surface area contributed by atoms with E-state index in [4.69, 9.17) is 16.7 Å². The quantitative estimate of drug-likeness (QED) is 0.758. The predicted molar refractivity (Wildman–Crippen MR) is 78.7 cm³/mol. The van der Waals surface area contributed by atoms with E-state index in [9.17, 15) is 14.7 Å². The molecule has 1 atom stereocenters. The fourth-order valence-corrected chi connectivity index (χ4v) is 2.26. The van der Waals surface area contributed by atoms with E-state index in [2.05, 4.69) is 10.3 Å². The second kappa shape index (κ2) is 6.41. The Morgan fingerprint density at radius 3 is 2.71 bits per heavy atom. The molecule has 1 heterocycles. The van der Waals surface area contributed by atoms with Crippen LogP contribution in [0.25, 0.3) is 10.8 Å². The first-order valence-electron chi connectivity index (χ1n) is 6.23. The zero-order valence-corrected chi connectivity index (χ0v) is 11.7. The van der Waals surface area contributed by atoms with Gasteiger partial charge >= 0.3 is 11.9 Å². The summed E-state index contributed by atoms with van der Waals surface area (Å²) in [7, 11) is 0. The van der Waals surface area contributed by atoms with Crippen molar-refractivity contribution in [3.63, 3.8) is 0 Å². The van der Waals surface area contributed by atoms with Crippen LogP contribution in [0.1, 0.15) is 12.8 Å². The summed E-state index contributed by atoms with van der Waals surface area (Å²) in [4.78, 5) is 25.9. The molecule has 2 rings (SSSR count). The van der Waals surface area contributed by atoms with Crippen molar-refractivity contribution in [2.75, 3.05) is 5.32 Å². The van der Waals surface area contributed by atoms with E-state index in [-0.39, 0.29) is 12.8 Å². The highest BCUT2D eigenvalue weighted by Crippen LogP contribution is 2.29. The summed E-state index contributed by atoms with van der Waals surface area (Å²) in [6.07, 6.45) is 1.24. The molecule has 1 unspecified atom stereocenters. The highest BCUT2D eigenvalue weighted by Gasteiger charge is 2.20. The maximum absolute atomic E-state index is 11.2. The molecule has 0 fully saturated rings. The van der Waals surface area contributed by atoms with Crippen LogP contribution in [0.2, 0.25) is 5.02 Å². The molecule has 3 N–H and O–H groups in total. The van der Waals surface area contributed by atoms with E-state index in [1.165, 1.54) is 6.20 Å². The van der Waals surface area contributed by atoms with Gasteiger partial charge in [0.05, 0.1) is 5.02 Å². The number of hydrogen-bond acceptors (Lipinski definition) is 4. The Hall–Kier alpha value is -2.34. The minimum Gasteiger partial charge on any atom is -0.481 e. The van der Waals surface area contributed by atoms with Crippen molar-refractivity contribution in [2.24, 2.45) is 0 Å². The number of nitrogens with zero attached hydrogens (tertiary/aromatic N) is 1. The molecule has 110 valence electrons. The van der Waals surface area contributed by atoms with Gasteiger partial charge in [0.25, 0.3) is 0 Å². The second-order valence-corrected chi connectivity index (χ2v) is 4.87. The summed E-state index contributed by atoms with van der Waals surface area (Å²) in [5.74, 6) is -1.86. The van der Waals surface area contributed by atoms with Gasteiger partial charge in [0.15, 0.2) is 0 Å². The maximum Gasteiger partial charge on any atom is 0.326 e. The molecule has 0 saturated carbocycles. The number of aliphatic carboxylic acids is 2. The van der Waals surface area contributed by atoms with Crippen molar-refractivity contribution in [1.29, 1.82) is 0 Å². The third-order valence-corrected chi connectivity index (χ3v) is 3.31. The molecule has 1 aromatic carbocycles. The molecule has 21 heavy (non-hydrogen) atoms. The van der Waals surface area contributed by atoms with E-state index in [0.29, 0.717) is 16.2 Å². The third kappa shape index (κ3) is 3.61. The lowest BCUT2D eigenvalue weighted by Crippen LogP contribution is -2.30. The molecule has 2 aromatic rings. The molecule has 0 saturated heterocycles. The molecular weight excluding hydrogens is 296 g/mol. The molecule has 6 nitrogen and oxygen atoms in total. The highest BCUT2D eigenvalue weighted by molar-refractivity contribution is 6.36. The number of benzene rings is 1. The van der Waals surface area contributed by atoms with Crippen LogP contribution in [0.15, 0.2) is 30.5 Å². The Labute approximate surface area is 125 Å². The van der Waals surface area contributed by atoms with Crippen LogP contribution in [-0.2, 0) is 9.59 Å². The normalized spacial score (nSPS) is 12.0. The Morgan fingerprint density at radius 1 is 1.29 bits per heavy atom. The van der Waals surface area contributed by atoms with Gasteiger partial charge in [-0.05, 0) is 23.9 Å². The zero-order chi connectivity index (χ0) is 15.4. The summed E-state index contributed by atoms with van der Waals surface area (Å²) in [5, 5.41) is 22.5. The topological polar surface area (TPSA) is 99.5 Å². The highest BCUT2D eigenvalue weighted by atomic mass is 35.5. The Bertz CT molecular complexity index is 684. The molecule has 0 amide bonds. The standard InChI is InChI=1S/C14H13ClN2O4/c15-9-3-1-2-8-6-7-16-13(12(8)9)17-10(14(20)21)4-5-11(18)19/h1-3,6-7,10H,4-5H2,(H,16,17)(H,18,19)(H,20,21). The first-order valence-corrected chi connectivity index (χ1v) is 6.61. The average molecular weight is 309 g/mol. The lowest BCUT2D eigenvalue weighted by atomic mass is 10.1. The van der Waals surface area contributed by atoms with Crippen LogP contribution < -0.4 is 5.32 Å². The summed E-state index contributed by atoms with van der Waals surface area (Å²) in [6, 6.07) is 6.02. The van der Waals surface area contributed by atoms with E-state index in [1.807, 2.05) is 6.07 Å². The van der Waals surface area contributed by atoms with Crippen molar-refractivity contribution in [2.45, 2.75) is 18.9 Å². The number of rotatable bonds is 6. The van der Waals surface area contributed by atoms with Crippen LogP contribution >= 0.6 is 11.6 Å². The number of anilines is 1. The van der Waals surface area contributed by atoms with Crippen molar-refractivity contribution >= 4 is 40.1 Å². The predicted octanol–water partition coefficient (Wildman–Crippen LogP) is 2.62. The number of fused-ring (bicyclic) bond motifs is 1. The molecule has 0 radical (unpaired) electrons. The Kier molecular flexibility index (Phi) is 4.59. The fraction of sp³-hybridized carbons (Fsp3) is 0.214. The van der Waals surface area contributed by atoms with E-state index < -0.39 is 18.0 Å². The van der Waals surface area contributed by atoms with Crippen LogP contribution in [0.4, 0.5) is 5.82 Å². The summed E-state index contributed by atoms with van der Waals surface area (Å²) in [6.45, 7) is 0. The van der Waals surface area contributed by atoms with Crippen molar-refractivity contribution in [1.82, 2.24) is 4.98 Å². The van der Waals surface area contributed by atoms with Crippen LogP contribution in [0, 0.1) is 0 Å². The number of carbonyl (C=O) groups is 2. The van der Waals surface area contributed by atoms with Crippen molar-refractivity contribution < 1.29 is 19.8 Å². The summed E-state index contributed by atoms with van der Waals surface area (Å²) < 4.78 is 0. The molecule has 0 aliphatic carbocycles. The largest absolute Gasteiger partial charge is 0.481 e. The molecular formula is C14H13ClN2O4. The average Bonchev–Trinajstić information content (AvgIpc) is 2.43. The van der Waals surface area contributed by atoms with E-state index >= 15 is 0 Å². The number of halogens is 1. The monoisotopic (exact) mass is 308 g/mol. The Morgan fingerprint density at radius 2 is 2.05 bits per heavy atom. The number of nitrogens with one attached hydrogen (secondary N) is 1. The molecule has 7 heteroatoms. The minimum atomic E-state index is -1.14. The molecule has 0 bridgehead atoms. The van der Waals surface area contributed by atoms with Crippen molar-refractivity contribution in [3.8, 4) is 0 Å². The van der Waals surface area contributed by atoms with Gasteiger partial charge in [0.2, 0.25) is 0 Å². The number of hydrogen-bond donors (Lipinski definition) is 3.